The number of pyridine rings is 1. The lowest BCUT2D eigenvalue weighted by Crippen LogP contribution is -2.38. The van der Waals surface area contributed by atoms with E-state index >= 15 is 0 Å². The predicted molar refractivity (Wildman–Crippen MR) is 86.3 cm³/mol. The number of aryl methyl sites for hydroxylation is 2. The standard InChI is InChI=1S/C16H21N5O2/c1-11-9-15(20(2)19-11)21-8-7-13(16(21)22)17-10-12-5-4-6-14(18-12)23-3/h4-6,9,13,17H,7-8,10H2,1-3H3. The Bertz CT molecular complexity index is 712. The normalized spacial score (nSPS) is 17.8. The fourth-order valence-corrected chi connectivity index (χ4v) is 2.84. The summed E-state index contributed by atoms with van der Waals surface area (Å²) in [5, 5.41) is 7.59. The molecule has 3 heterocycles. The number of ether oxygens (including phenoxy) is 1. The van der Waals surface area contributed by atoms with Gasteiger partial charge in [-0.25, -0.2) is 4.98 Å². The highest BCUT2D eigenvalue weighted by Crippen LogP contribution is 2.22. The van der Waals surface area contributed by atoms with Crippen molar-refractivity contribution in [2.75, 3.05) is 18.6 Å². The van der Waals surface area contributed by atoms with Crippen LogP contribution in [0.15, 0.2) is 24.3 Å². The van der Waals surface area contributed by atoms with Gasteiger partial charge in [0.25, 0.3) is 0 Å². The largest absolute Gasteiger partial charge is 0.481 e. The van der Waals surface area contributed by atoms with Crippen LogP contribution in [-0.4, -0.2) is 40.4 Å². The van der Waals surface area contributed by atoms with E-state index in [-0.39, 0.29) is 11.9 Å². The molecule has 1 fully saturated rings. The Morgan fingerprint density at radius 2 is 2.26 bits per heavy atom. The van der Waals surface area contributed by atoms with Gasteiger partial charge >= 0.3 is 0 Å². The highest BCUT2D eigenvalue weighted by atomic mass is 16.5. The maximum Gasteiger partial charge on any atom is 0.245 e. The zero-order valence-electron chi connectivity index (χ0n) is 13.6. The zero-order chi connectivity index (χ0) is 16.4. The van der Waals surface area contributed by atoms with Crippen LogP contribution >= 0.6 is 0 Å². The van der Waals surface area contributed by atoms with Gasteiger partial charge in [0.05, 0.1) is 24.5 Å². The first-order valence-electron chi connectivity index (χ1n) is 7.64. The molecule has 2 aromatic heterocycles. The van der Waals surface area contributed by atoms with Gasteiger partial charge in [-0.1, -0.05) is 6.07 Å². The third-order valence-corrected chi connectivity index (χ3v) is 3.98. The van der Waals surface area contributed by atoms with E-state index in [1.165, 1.54) is 0 Å². The summed E-state index contributed by atoms with van der Waals surface area (Å²) in [7, 11) is 3.45. The van der Waals surface area contributed by atoms with Crippen LogP contribution in [0.5, 0.6) is 5.88 Å². The first-order chi connectivity index (χ1) is 11.1. The summed E-state index contributed by atoms with van der Waals surface area (Å²) in [6, 6.07) is 7.35. The average molecular weight is 315 g/mol. The molecule has 0 aromatic carbocycles. The van der Waals surface area contributed by atoms with Crippen LogP contribution in [0.2, 0.25) is 0 Å². The molecule has 3 rings (SSSR count). The van der Waals surface area contributed by atoms with Crippen LogP contribution in [0.1, 0.15) is 17.8 Å². The van der Waals surface area contributed by atoms with Gasteiger partial charge in [0.2, 0.25) is 11.8 Å². The molecule has 0 aliphatic carbocycles. The number of amides is 1. The molecule has 0 bridgehead atoms. The second kappa shape index (κ2) is 6.37. The third kappa shape index (κ3) is 3.19. The van der Waals surface area contributed by atoms with Crippen LogP contribution in [0.4, 0.5) is 5.82 Å². The maximum absolute atomic E-state index is 12.6. The van der Waals surface area contributed by atoms with E-state index in [1.807, 2.05) is 32.2 Å². The smallest absolute Gasteiger partial charge is 0.245 e. The highest BCUT2D eigenvalue weighted by Gasteiger charge is 2.33. The molecule has 7 heteroatoms. The zero-order valence-corrected chi connectivity index (χ0v) is 13.6. The summed E-state index contributed by atoms with van der Waals surface area (Å²) < 4.78 is 6.86. The lowest BCUT2D eigenvalue weighted by Gasteiger charge is -2.17. The van der Waals surface area contributed by atoms with E-state index < -0.39 is 0 Å². The summed E-state index contributed by atoms with van der Waals surface area (Å²) in [6.45, 7) is 3.15. The summed E-state index contributed by atoms with van der Waals surface area (Å²) in [4.78, 5) is 18.7. The van der Waals surface area contributed by atoms with Crippen molar-refractivity contribution in [1.29, 1.82) is 0 Å². The highest BCUT2D eigenvalue weighted by molar-refractivity contribution is 5.98. The molecule has 1 unspecified atom stereocenters. The Labute approximate surface area is 135 Å². The minimum absolute atomic E-state index is 0.0795. The molecule has 1 N–H and O–H groups in total. The molecular weight excluding hydrogens is 294 g/mol. The van der Waals surface area contributed by atoms with Gasteiger partial charge in [-0.3, -0.25) is 14.4 Å². The SMILES string of the molecule is COc1cccc(CNC2CCN(c3cc(C)nn3C)C2=O)n1. The van der Waals surface area contributed by atoms with Gasteiger partial charge in [0, 0.05) is 32.3 Å². The molecule has 1 saturated heterocycles. The molecule has 0 radical (unpaired) electrons. The quantitative estimate of drug-likeness (QED) is 0.892. The summed E-state index contributed by atoms with van der Waals surface area (Å²) in [6.07, 6.45) is 0.771. The number of nitrogens with one attached hydrogen (secondary N) is 1. The van der Waals surface area contributed by atoms with E-state index in [1.54, 1.807) is 22.8 Å². The van der Waals surface area contributed by atoms with Crippen molar-refractivity contribution in [3.05, 3.63) is 35.7 Å². The number of aromatic nitrogens is 3. The Kier molecular flexibility index (Phi) is 4.29. The van der Waals surface area contributed by atoms with Crippen molar-refractivity contribution in [2.24, 2.45) is 7.05 Å². The lowest BCUT2D eigenvalue weighted by molar-refractivity contribution is -0.118. The Balaban J connectivity index is 1.64. The lowest BCUT2D eigenvalue weighted by atomic mass is 10.2. The number of nitrogens with zero attached hydrogens (tertiary/aromatic N) is 4. The van der Waals surface area contributed by atoms with Crippen LogP contribution in [0.3, 0.4) is 0 Å². The molecule has 0 spiro atoms. The van der Waals surface area contributed by atoms with Crippen LogP contribution in [0, 0.1) is 6.92 Å². The second-order valence-electron chi connectivity index (χ2n) is 5.65. The molecule has 1 atom stereocenters. The number of methoxy groups -OCH3 is 1. The summed E-state index contributed by atoms with van der Waals surface area (Å²) in [5.74, 6) is 1.50. The number of carbonyl (C=O) groups is 1. The number of anilines is 1. The number of rotatable bonds is 5. The molecule has 0 saturated carbocycles. The predicted octanol–water partition coefficient (Wildman–Crippen LogP) is 1.03. The molecule has 7 nitrogen and oxygen atoms in total. The van der Waals surface area contributed by atoms with Gasteiger partial charge in [0.15, 0.2) is 0 Å². The van der Waals surface area contributed by atoms with Crippen molar-refractivity contribution in [3.63, 3.8) is 0 Å². The van der Waals surface area contributed by atoms with Gasteiger partial charge in [-0.15, -0.1) is 0 Å². The van der Waals surface area contributed by atoms with Crippen molar-refractivity contribution in [1.82, 2.24) is 20.1 Å². The molecule has 1 amide bonds. The van der Waals surface area contributed by atoms with E-state index in [2.05, 4.69) is 15.4 Å². The fraction of sp³-hybridized carbons (Fsp3) is 0.438. The van der Waals surface area contributed by atoms with E-state index in [0.29, 0.717) is 19.0 Å². The fourth-order valence-electron chi connectivity index (χ4n) is 2.84. The van der Waals surface area contributed by atoms with Gasteiger partial charge in [-0.2, -0.15) is 5.10 Å². The number of hydrogen-bond donors (Lipinski definition) is 1. The van der Waals surface area contributed by atoms with Gasteiger partial charge in [0.1, 0.15) is 5.82 Å². The first kappa shape index (κ1) is 15.5. The Hall–Kier alpha value is -2.41. The average Bonchev–Trinajstić information content (AvgIpc) is 3.07. The number of carbonyl (C=O) groups excluding carboxylic acids is 1. The van der Waals surface area contributed by atoms with Crippen LogP contribution in [0.25, 0.3) is 0 Å². The van der Waals surface area contributed by atoms with Crippen molar-refractivity contribution >= 4 is 11.7 Å². The molecule has 23 heavy (non-hydrogen) atoms. The minimum Gasteiger partial charge on any atom is -0.481 e. The van der Waals surface area contributed by atoms with Crippen LogP contribution in [-0.2, 0) is 18.4 Å². The molecular formula is C16H21N5O2. The van der Waals surface area contributed by atoms with E-state index in [4.69, 9.17) is 4.74 Å². The van der Waals surface area contributed by atoms with Crippen molar-refractivity contribution in [3.8, 4) is 5.88 Å². The summed E-state index contributed by atoms with van der Waals surface area (Å²) in [5.41, 5.74) is 1.76. The molecule has 1 aliphatic rings. The monoisotopic (exact) mass is 315 g/mol. The summed E-state index contributed by atoms with van der Waals surface area (Å²) >= 11 is 0. The van der Waals surface area contributed by atoms with Gasteiger partial charge in [-0.05, 0) is 19.4 Å². The van der Waals surface area contributed by atoms with Gasteiger partial charge < -0.3 is 10.1 Å². The van der Waals surface area contributed by atoms with E-state index in [9.17, 15) is 4.79 Å². The molecule has 122 valence electrons. The Morgan fingerprint density at radius 3 is 2.96 bits per heavy atom. The van der Waals surface area contributed by atoms with Crippen LogP contribution < -0.4 is 15.0 Å². The maximum atomic E-state index is 12.6. The first-order valence-corrected chi connectivity index (χ1v) is 7.64. The molecule has 2 aromatic rings. The van der Waals surface area contributed by atoms with E-state index in [0.717, 1.165) is 23.6 Å². The topological polar surface area (TPSA) is 72.3 Å². The number of hydrogen-bond acceptors (Lipinski definition) is 5. The van der Waals surface area contributed by atoms with Crippen molar-refractivity contribution in [2.45, 2.75) is 25.9 Å². The third-order valence-electron chi connectivity index (χ3n) is 3.98. The Morgan fingerprint density at radius 1 is 1.43 bits per heavy atom. The van der Waals surface area contributed by atoms with Crippen molar-refractivity contribution < 1.29 is 9.53 Å². The minimum atomic E-state index is -0.196. The second-order valence-corrected chi connectivity index (χ2v) is 5.65. The molecule has 1 aliphatic heterocycles.